The Bertz CT molecular complexity index is 1120. The maximum Gasteiger partial charge on any atom is 0.321 e. The molecule has 0 saturated heterocycles. The van der Waals surface area contributed by atoms with Crippen LogP contribution in [0.25, 0.3) is 0 Å². The molecule has 0 aliphatic heterocycles. The van der Waals surface area contributed by atoms with Gasteiger partial charge in [0.25, 0.3) is 0 Å². The average molecular weight is 539 g/mol. The highest BCUT2D eigenvalue weighted by molar-refractivity contribution is 8.00. The molecule has 204 valence electrons. The summed E-state index contributed by atoms with van der Waals surface area (Å²) in [5.41, 5.74) is 3.23. The van der Waals surface area contributed by atoms with Gasteiger partial charge in [-0.05, 0) is 59.2 Å². The summed E-state index contributed by atoms with van der Waals surface area (Å²) in [5, 5.41) is 30.0. The second-order valence-electron chi connectivity index (χ2n) is 9.53. The standard InChI is InChI=1S/C29H38N4O4S/c34-26(35)21-14-22-33-29(30-31-32-33)38-27(28(36)37)25-20-13-12-19-24(25)18-11-6-4-2-1-3-5-8-15-23-16-9-7-10-17-23/h7,9-10,12-13,16-17,19-20,27H,1-6,8,11,14-15,18,21-22H2,(H,34,35)(H,36,37). The van der Waals surface area contributed by atoms with E-state index in [0.717, 1.165) is 48.6 Å². The molecule has 1 heterocycles. The maximum absolute atomic E-state index is 12.2. The summed E-state index contributed by atoms with van der Waals surface area (Å²) in [6, 6.07) is 18.4. The largest absolute Gasteiger partial charge is 0.481 e. The van der Waals surface area contributed by atoms with Crippen molar-refractivity contribution in [2.75, 3.05) is 0 Å². The highest BCUT2D eigenvalue weighted by Crippen LogP contribution is 2.36. The fourth-order valence-electron chi connectivity index (χ4n) is 4.52. The number of tetrazole rings is 1. The number of carboxylic acids is 2. The van der Waals surface area contributed by atoms with Crippen LogP contribution in [0.5, 0.6) is 0 Å². The number of thioether (sulfide) groups is 1. The maximum atomic E-state index is 12.2. The van der Waals surface area contributed by atoms with Crippen molar-refractivity contribution < 1.29 is 19.8 Å². The first-order valence-electron chi connectivity index (χ1n) is 13.5. The van der Waals surface area contributed by atoms with E-state index in [0.29, 0.717) is 18.1 Å². The minimum atomic E-state index is -0.949. The zero-order valence-electron chi connectivity index (χ0n) is 21.9. The van der Waals surface area contributed by atoms with Crippen molar-refractivity contribution in [3.8, 4) is 0 Å². The van der Waals surface area contributed by atoms with E-state index < -0.39 is 17.2 Å². The normalized spacial score (nSPS) is 11.9. The van der Waals surface area contributed by atoms with Gasteiger partial charge in [0.1, 0.15) is 5.25 Å². The second-order valence-corrected chi connectivity index (χ2v) is 10.6. The number of unbranched alkanes of at least 4 members (excludes halogenated alkanes) is 7. The van der Waals surface area contributed by atoms with Crippen molar-refractivity contribution in [1.29, 1.82) is 0 Å². The van der Waals surface area contributed by atoms with Gasteiger partial charge in [-0.3, -0.25) is 9.59 Å². The first-order chi connectivity index (χ1) is 18.5. The Hall–Kier alpha value is -3.20. The Labute approximate surface area is 228 Å². The summed E-state index contributed by atoms with van der Waals surface area (Å²) >= 11 is 1.09. The molecule has 3 rings (SSSR count). The van der Waals surface area contributed by atoms with Crippen LogP contribution in [0.2, 0.25) is 0 Å². The van der Waals surface area contributed by atoms with Crippen LogP contribution in [0.15, 0.2) is 59.8 Å². The van der Waals surface area contributed by atoms with Crippen LogP contribution in [0, 0.1) is 0 Å². The molecule has 2 aromatic carbocycles. The molecule has 9 heteroatoms. The average Bonchev–Trinajstić information content (AvgIpc) is 3.36. The molecule has 1 unspecified atom stereocenters. The fourth-order valence-corrected chi connectivity index (χ4v) is 5.52. The number of carboxylic acid groups (broad SMARTS) is 2. The van der Waals surface area contributed by atoms with E-state index in [4.69, 9.17) is 5.11 Å². The van der Waals surface area contributed by atoms with Gasteiger partial charge in [0.15, 0.2) is 0 Å². The van der Waals surface area contributed by atoms with Crippen LogP contribution in [0.1, 0.15) is 86.1 Å². The molecule has 0 radical (unpaired) electrons. The first kappa shape index (κ1) is 29.4. The zero-order valence-corrected chi connectivity index (χ0v) is 22.7. The Morgan fingerprint density at radius 3 is 2.11 bits per heavy atom. The van der Waals surface area contributed by atoms with Gasteiger partial charge in [-0.1, -0.05) is 105 Å². The molecule has 1 atom stereocenters. The Morgan fingerprint density at radius 1 is 0.789 bits per heavy atom. The van der Waals surface area contributed by atoms with Crippen molar-refractivity contribution in [2.24, 2.45) is 0 Å². The molecule has 0 amide bonds. The molecule has 38 heavy (non-hydrogen) atoms. The van der Waals surface area contributed by atoms with Crippen molar-refractivity contribution in [3.05, 3.63) is 71.3 Å². The van der Waals surface area contributed by atoms with Crippen LogP contribution in [0.4, 0.5) is 0 Å². The molecule has 2 N–H and O–H groups in total. The lowest BCUT2D eigenvalue weighted by atomic mass is 9.98. The summed E-state index contributed by atoms with van der Waals surface area (Å²) < 4.78 is 1.48. The van der Waals surface area contributed by atoms with Gasteiger partial charge in [0, 0.05) is 13.0 Å². The van der Waals surface area contributed by atoms with Crippen LogP contribution in [-0.4, -0.2) is 42.4 Å². The second kappa shape index (κ2) is 16.6. The lowest BCUT2D eigenvalue weighted by Crippen LogP contribution is -2.13. The number of carbonyl (C=O) groups is 2. The first-order valence-corrected chi connectivity index (χ1v) is 14.4. The predicted molar refractivity (Wildman–Crippen MR) is 148 cm³/mol. The van der Waals surface area contributed by atoms with E-state index in [1.165, 1.54) is 48.8 Å². The molecule has 0 aliphatic carbocycles. The molecule has 0 saturated carbocycles. The number of hydrogen-bond acceptors (Lipinski definition) is 6. The van der Waals surface area contributed by atoms with Gasteiger partial charge in [-0.2, -0.15) is 0 Å². The van der Waals surface area contributed by atoms with E-state index in [-0.39, 0.29) is 6.42 Å². The van der Waals surface area contributed by atoms with Gasteiger partial charge < -0.3 is 10.2 Å². The van der Waals surface area contributed by atoms with Crippen LogP contribution >= 0.6 is 11.8 Å². The van der Waals surface area contributed by atoms with Crippen molar-refractivity contribution in [1.82, 2.24) is 20.2 Å². The number of rotatable bonds is 19. The highest BCUT2D eigenvalue weighted by Gasteiger charge is 2.26. The number of aromatic nitrogens is 4. The summed E-state index contributed by atoms with van der Waals surface area (Å²) in [7, 11) is 0. The topological polar surface area (TPSA) is 118 Å². The summed E-state index contributed by atoms with van der Waals surface area (Å²) in [6.07, 6.45) is 12.0. The lowest BCUT2D eigenvalue weighted by Gasteiger charge is -2.16. The van der Waals surface area contributed by atoms with Crippen LogP contribution < -0.4 is 0 Å². The molecule has 8 nitrogen and oxygen atoms in total. The van der Waals surface area contributed by atoms with Crippen LogP contribution in [-0.2, 0) is 29.0 Å². The number of benzene rings is 2. The molecule has 0 fully saturated rings. The third-order valence-electron chi connectivity index (χ3n) is 6.55. The quantitative estimate of drug-likeness (QED) is 0.134. The molecule has 0 aliphatic rings. The molecule has 0 spiro atoms. The van der Waals surface area contributed by atoms with E-state index in [1.807, 2.05) is 24.3 Å². The highest BCUT2D eigenvalue weighted by atomic mass is 32.2. The molecule has 3 aromatic rings. The molecule has 0 bridgehead atoms. The third-order valence-corrected chi connectivity index (χ3v) is 7.74. The van der Waals surface area contributed by atoms with E-state index in [9.17, 15) is 14.7 Å². The van der Waals surface area contributed by atoms with Crippen molar-refractivity contribution in [3.63, 3.8) is 0 Å². The Morgan fingerprint density at radius 2 is 1.42 bits per heavy atom. The zero-order chi connectivity index (χ0) is 27.0. The van der Waals surface area contributed by atoms with Crippen LogP contribution in [0.3, 0.4) is 0 Å². The van der Waals surface area contributed by atoms with Crippen molar-refractivity contribution >= 4 is 23.7 Å². The van der Waals surface area contributed by atoms with Gasteiger partial charge in [0.2, 0.25) is 5.16 Å². The van der Waals surface area contributed by atoms with Gasteiger partial charge in [-0.15, -0.1) is 5.10 Å². The van der Waals surface area contributed by atoms with E-state index in [2.05, 4.69) is 45.9 Å². The van der Waals surface area contributed by atoms with Gasteiger partial charge >= 0.3 is 11.9 Å². The lowest BCUT2D eigenvalue weighted by molar-refractivity contribution is -0.137. The van der Waals surface area contributed by atoms with E-state index in [1.54, 1.807) is 0 Å². The fraction of sp³-hybridized carbons (Fsp3) is 0.483. The predicted octanol–water partition coefficient (Wildman–Crippen LogP) is 6.36. The van der Waals surface area contributed by atoms with Crippen molar-refractivity contribution in [2.45, 2.75) is 94.0 Å². The summed E-state index contributed by atoms with van der Waals surface area (Å²) in [6.45, 7) is 0.322. The minimum absolute atomic E-state index is 0.00339. The summed E-state index contributed by atoms with van der Waals surface area (Å²) in [4.78, 5) is 23.0. The third kappa shape index (κ3) is 10.3. The number of aryl methyl sites for hydroxylation is 3. The SMILES string of the molecule is O=C(O)CCCn1nnnc1SC(C(=O)O)c1ccccc1CCCCCCCCCCc1ccccc1. The summed E-state index contributed by atoms with van der Waals surface area (Å²) in [5.74, 6) is -1.83. The molecule has 1 aromatic heterocycles. The smallest absolute Gasteiger partial charge is 0.321 e. The number of nitrogens with zero attached hydrogens (tertiary/aromatic N) is 4. The molecular weight excluding hydrogens is 500 g/mol. The Balaban J connectivity index is 1.41. The molecular formula is C29H38N4O4S. The number of aliphatic carboxylic acids is 2. The number of hydrogen-bond donors (Lipinski definition) is 2. The van der Waals surface area contributed by atoms with E-state index >= 15 is 0 Å². The van der Waals surface area contributed by atoms with Gasteiger partial charge in [-0.25, -0.2) is 4.68 Å². The minimum Gasteiger partial charge on any atom is -0.481 e. The monoisotopic (exact) mass is 538 g/mol. The Kier molecular flexibility index (Phi) is 12.8. The van der Waals surface area contributed by atoms with Gasteiger partial charge in [0.05, 0.1) is 0 Å².